The molecular formula is C18H34. The van der Waals surface area contributed by atoms with Crippen molar-refractivity contribution in [2.45, 2.75) is 90.9 Å². The maximum Gasteiger partial charge on any atom is -0.0388 e. The zero-order valence-corrected chi connectivity index (χ0v) is 12.8. The van der Waals surface area contributed by atoms with Crippen molar-refractivity contribution in [1.82, 2.24) is 0 Å². The molecule has 2 saturated carbocycles. The molecule has 0 radical (unpaired) electrons. The van der Waals surface area contributed by atoms with Gasteiger partial charge in [-0.1, -0.05) is 90.9 Å². The predicted molar refractivity (Wildman–Crippen MR) is 80.7 cm³/mol. The van der Waals surface area contributed by atoms with Gasteiger partial charge in [-0.15, -0.1) is 0 Å². The van der Waals surface area contributed by atoms with E-state index in [0.29, 0.717) is 0 Å². The summed E-state index contributed by atoms with van der Waals surface area (Å²) >= 11 is 0. The van der Waals surface area contributed by atoms with Crippen molar-refractivity contribution in [3.05, 3.63) is 0 Å². The van der Waals surface area contributed by atoms with Gasteiger partial charge in [0, 0.05) is 0 Å². The second kappa shape index (κ2) is 7.56. The molecule has 0 bridgehead atoms. The molecule has 2 fully saturated rings. The summed E-state index contributed by atoms with van der Waals surface area (Å²) in [6, 6.07) is 0. The topological polar surface area (TPSA) is 0 Å². The Balaban J connectivity index is 1.66. The molecule has 2 atom stereocenters. The number of hydrogen-bond acceptors (Lipinski definition) is 0. The molecule has 0 aromatic heterocycles. The molecule has 0 aliphatic heterocycles. The quantitative estimate of drug-likeness (QED) is 0.545. The number of hydrogen-bond donors (Lipinski definition) is 0. The summed E-state index contributed by atoms with van der Waals surface area (Å²) in [6.45, 7) is 5.06. The standard InChI is InChI=1S/C18H34/c1-15(17-9-5-3-6-10-17)13-14-16(2)18-11-7-4-8-12-18/h15-18H,3-14H2,1-2H3. The molecule has 18 heavy (non-hydrogen) atoms. The van der Waals surface area contributed by atoms with E-state index in [1.54, 1.807) is 0 Å². The van der Waals surface area contributed by atoms with Crippen molar-refractivity contribution in [3.8, 4) is 0 Å². The highest BCUT2D eigenvalue weighted by molar-refractivity contribution is 4.75. The first-order valence-corrected chi connectivity index (χ1v) is 8.77. The maximum atomic E-state index is 2.53. The van der Waals surface area contributed by atoms with Crippen molar-refractivity contribution in [3.63, 3.8) is 0 Å². The van der Waals surface area contributed by atoms with E-state index in [1.807, 2.05) is 0 Å². The smallest absolute Gasteiger partial charge is 0.0388 e. The van der Waals surface area contributed by atoms with Crippen LogP contribution in [0.2, 0.25) is 0 Å². The maximum absolute atomic E-state index is 2.53. The molecular weight excluding hydrogens is 216 g/mol. The van der Waals surface area contributed by atoms with E-state index in [-0.39, 0.29) is 0 Å². The molecule has 0 heterocycles. The average molecular weight is 250 g/mol. The van der Waals surface area contributed by atoms with Gasteiger partial charge in [-0.3, -0.25) is 0 Å². The summed E-state index contributed by atoms with van der Waals surface area (Å²) < 4.78 is 0. The summed E-state index contributed by atoms with van der Waals surface area (Å²) in [5, 5.41) is 0. The van der Waals surface area contributed by atoms with Crippen LogP contribution in [0.25, 0.3) is 0 Å². The van der Waals surface area contributed by atoms with Crippen LogP contribution in [0.5, 0.6) is 0 Å². The Labute approximate surface area is 115 Å². The third kappa shape index (κ3) is 4.28. The van der Waals surface area contributed by atoms with Crippen LogP contribution in [-0.2, 0) is 0 Å². The SMILES string of the molecule is CC(CCC(C)C1CCCCC1)C1CCCCC1. The van der Waals surface area contributed by atoms with Gasteiger partial charge in [0.15, 0.2) is 0 Å². The zero-order valence-electron chi connectivity index (χ0n) is 12.8. The van der Waals surface area contributed by atoms with Gasteiger partial charge >= 0.3 is 0 Å². The van der Waals surface area contributed by atoms with Crippen LogP contribution in [0, 0.1) is 23.7 Å². The third-order valence-corrected chi connectivity index (χ3v) is 5.99. The Hall–Kier alpha value is 0. The molecule has 2 unspecified atom stereocenters. The molecule has 0 amide bonds. The van der Waals surface area contributed by atoms with Gasteiger partial charge in [-0.2, -0.15) is 0 Å². The Morgan fingerprint density at radius 1 is 0.611 bits per heavy atom. The van der Waals surface area contributed by atoms with Gasteiger partial charge in [0.1, 0.15) is 0 Å². The lowest BCUT2D eigenvalue weighted by molar-refractivity contribution is 0.206. The van der Waals surface area contributed by atoms with E-state index >= 15 is 0 Å². The molecule has 106 valence electrons. The van der Waals surface area contributed by atoms with Crippen LogP contribution < -0.4 is 0 Å². The molecule has 0 heteroatoms. The summed E-state index contributed by atoms with van der Waals surface area (Å²) in [6.07, 6.45) is 18.1. The van der Waals surface area contributed by atoms with E-state index in [9.17, 15) is 0 Å². The molecule has 0 spiro atoms. The van der Waals surface area contributed by atoms with E-state index in [0.717, 1.165) is 23.7 Å². The molecule has 0 nitrogen and oxygen atoms in total. The molecule has 0 aromatic carbocycles. The molecule has 2 aliphatic rings. The minimum atomic E-state index is 0.997. The molecule has 0 saturated heterocycles. The highest BCUT2D eigenvalue weighted by Gasteiger charge is 2.23. The minimum absolute atomic E-state index is 0.997. The lowest BCUT2D eigenvalue weighted by atomic mass is 9.75. The fraction of sp³-hybridized carbons (Fsp3) is 1.00. The molecule has 2 rings (SSSR count). The van der Waals surface area contributed by atoms with Gasteiger partial charge in [0.2, 0.25) is 0 Å². The first-order valence-electron chi connectivity index (χ1n) is 8.77. The van der Waals surface area contributed by atoms with Crippen molar-refractivity contribution in [2.75, 3.05) is 0 Å². The van der Waals surface area contributed by atoms with Crippen molar-refractivity contribution >= 4 is 0 Å². The van der Waals surface area contributed by atoms with E-state index in [4.69, 9.17) is 0 Å². The minimum Gasteiger partial charge on any atom is -0.0622 e. The molecule has 2 aliphatic carbocycles. The second-order valence-electron chi connectivity index (χ2n) is 7.33. The first kappa shape index (κ1) is 14.4. The van der Waals surface area contributed by atoms with Crippen LogP contribution in [0.1, 0.15) is 90.9 Å². The van der Waals surface area contributed by atoms with Crippen molar-refractivity contribution in [1.29, 1.82) is 0 Å². The normalized spacial score (nSPS) is 27.0. The van der Waals surface area contributed by atoms with Gasteiger partial charge in [-0.05, 0) is 23.7 Å². The second-order valence-corrected chi connectivity index (χ2v) is 7.33. The summed E-state index contributed by atoms with van der Waals surface area (Å²) in [7, 11) is 0. The summed E-state index contributed by atoms with van der Waals surface area (Å²) in [5.74, 6) is 4.13. The Morgan fingerprint density at radius 3 is 1.28 bits per heavy atom. The Bertz CT molecular complexity index is 184. The van der Waals surface area contributed by atoms with Crippen LogP contribution in [0.15, 0.2) is 0 Å². The summed E-state index contributed by atoms with van der Waals surface area (Å²) in [5.41, 5.74) is 0. The van der Waals surface area contributed by atoms with Crippen LogP contribution >= 0.6 is 0 Å². The molecule has 0 aromatic rings. The van der Waals surface area contributed by atoms with E-state index in [2.05, 4.69) is 13.8 Å². The third-order valence-electron chi connectivity index (χ3n) is 5.99. The monoisotopic (exact) mass is 250 g/mol. The Kier molecular flexibility index (Phi) is 6.05. The van der Waals surface area contributed by atoms with Crippen LogP contribution in [-0.4, -0.2) is 0 Å². The highest BCUT2D eigenvalue weighted by Crippen LogP contribution is 2.36. The summed E-state index contributed by atoms with van der Waals surface area (Å²) in [4.78, 5) is 0. The van der Waals surface area contributed by atoms with Gasteiger partial charge in [0.05, 0.1) is 0 Å². The average Bonchev–Trinajstić information content (AvgIpc) is 2.46. The fourth-order valence-electron chi connectivity index (χ4n) is 4.40. The van der Waals surface area contributed by atoms with Crippen LogP contribution in [0.4, 0.5) is 0 Å². The highest BCUT2D eigenvalue weighted by atomic mass is 14.3. The lowest BCUT2D eigenvalue weighted by Crippen LogP contribution is -2.19. The van der Waals surface area contributed by atoms with Gasteiger partial charge in [-0.25, -0.2) is 0 Å². The van der Waals surface area contributed by atoms with Crippen LogP contribution in [0.3, 0.4) is 0 Å². The van der Waals surface area contributed by atoms with E-state index < -0.39 is 0 Å². The van der Waals surface area contributed by atoms with E-state index in [1.165, 1.54) is 77.0 Å². The van der Waals surface area contributed by atoms with Crippen molar-refractivity contribution < 1.29 is 0 Å². The van der Waals surface area contributed by atoms with Gasteiger partial charge < -0.3 is 0 Å². The molecule has 0 N–H and O–H groups in total. The predicted octanol–water partition coefficient (Wildman–Crippen LogP) is 6.20. The first-order chi connectivity index (χ1) is 8.77. The Morgan fingerprint density at radius 2 is 0.944 bits per heavy atom. The lowest BCUT2D eigenvalue weighted by Gasteiger charge is -2.31. The van der Waals surface area contributed by atoms with Gasteiger partial charge in [0.25, 0.3) is 0 Å². The van der Waals surface area contributed by atoms with Crippen molar-refractivity contribution in [2.24, 2.45) is 23.7 Å². The zero-order chi connectivity index (χ0) is 12.8. The fourth-order valence-corrected chi connectivity index (χ4v) is 4.40. The largest absolute Gasteiger partial charge is 0.0622 e. The number of rotatable bonds is 5.